The molecule has 0 radical (unpaired) electrons. The van der Waals surface area contributed by atoms with Crippen LogP contribution < -0.4 is 10.1 Å². The fraction of sp³-hybridized carbons (Fsp3) is 0.364. The second kappa shape index (κ2) is 5.29. The minimum absolute atomic E-state index is 0.555. The van der Waals surface area contributed by atoms with E-state index in [1.54, 1.807) is 19.4 Å². The van der Waals surface area contributed by atoms with Crippen LogP contribution in [-0.4, -0.2) is 33.2 Å². The van der Waals surface area contributed by atoms with Crippen molar-refractivity contribution in [2.24, 2.45) is 7.05 Å². The molecule has 17 heavy (non-hydrogen) atoms. The highest BCUT2D eigenvalue weighted by molar-refractivity contribution is 5.36. The SMILES string of the molecule is COc1cc(NCCc2nccn2C)ncn1. The third-order valence-corrected chi connectivity index (χ3v) is 2.43. The number of imidazole rings is 1. The zero-order valence-electron chi connectivity index (χ0n) is 9.92. The Hall–Kier alpha value is -2.11. The van der Waals surface area contributed by atoms with E-state index in [-0.39, 0.29) is 0 Å². The molecule has 0 atom stereocenters. The first kappa shape index (κ1) is 11.4. The van der Waals surface area contributed by atoms with Crippen LogP contribution in [0.25, 0.3) is 0 Å². The summed E-state index contributed by atoms with van der Waals surface area (Å²) in [7, 11) is 3.57. The lowest BCUT2D eigenvalue weighted by Crippen LogP contribution is -2.09. The molecule has 1 N–H and O–H groups in total. The quantitative estimate of drug-likeness (QED) is 0.830. The minimum atomic E-state index is 0.555. The number of rotatable bonds is 5. The smallest absolute Gasteiger partial charge is 0.218 e. The summed E-state index contributed by atoms with van der Waals surface area (Å²) in [5.41, 5.74) is 0. The average molecular weight is 233 g/mol. The first-order valence-corrected chi connectivity index (χ1v) is 5.35. The van der Waals surface area contributed by atoms with Crippen molar-refractivity contribution >= 4 is 5.82 Å². The summed E-state index contributed by atoms with van der Waals surface area (Å²) in [5.74, 6) is 2.35. The van der Waals surface area contributed by atoms with Crippen LogP contribution in [0.3, 0.4) is 0 Å². The number of anilines is 1. The summed E-state index contributed by atoms with van der Waals surface area (Å²) in [4.78, 5) is 12.3. The van der Waals surface area contributed by atoms with Crippen LogP contribution in [-0.2, 0) is 13.5 Å². The third kappa shape index (κ3) is 2.93. The van der Waals surface area contributed by atoms with Gasteiger partial charge in [-0.15, -0.1) is 0 Å². The maximum atomic E-state index is 5.02. The molecular formula is C11H15N5O. The van der Waals surface area contributed by atoms with Crippen molar-refractivity contribution in [2.45, 2.75) is 6.42 Å². The van der Waals surface area contributed by atoms with Gasteiger partial charge in [-0.05, 0) is 0 Å². The van der Waals surface area contributed by atoms with Gasteiger partial charge < -0.3 is 14.6 Å². The predicted molar refractivity (Wildman–Crippen MR) is 64.0 cm³/mol. The fourth-order valence-electron chi connectivity index (χ4n) is 1.49. The molecule has 6 heteroatoms. The van der Waals surface area contributed by atoms with Gasteiger partial charge in [-0.3, -0.25) is 0 Å². The van der Waals surface area contributed by atoms with Crippen LogP contribution in [0.5, 0.6) is 5.88 Å². The maximum Gasteiger partial charge on any atom is 0.218 e. The van der Waals surface area contributed by atoms with Gasteiger partial charge in [-0.2, -0.15) is 0 Å². The lowest BCUT2D eigenvalue weighted by molar-refractivity contribution is 0.397. The second-order valence-electron chi connectivity index (χ2n) is 3.58. The van der Waals surface area contributed by atoms with Crippen LogP contribution in [0, 0.1) is 0 Å². The number of ether oxygens (including phenoxy) is 1. The highest BCUT2D eigenvalue weighted by atomic mass is 16.5. The Morgan fingerprint density at radius 2 is 2.24 bits per heavy atom. The van der Waals surface area contributed by atoms with Gasteiger partial charge in [0.15, 0.2) is 0 Å². The number of hydrogen-bond donors (Lipinski definition) is 1. The van der Waals surface area contributed by atoms with Crippen molar-refractivity contribution in [1.29, 1.82) is 0 Å². The number of hydrogen-bond acceptors (Lipinski definition) is 5. The Bertz CT molecular complexity index is 482. The van der Waals surface area contributed by atoms with E-state index in [1.807, 2.05) is 17.8 Å². The summed E-state index contributed by atoms with van der Waals surface area (Å²) in [6.45, 7) is 0.769. The largest absolute Gasteiger partial charge is 0.481 e. The molecule has 6 nitrogen and oxygen atoms in total. The molecule has 0 aliphatic rings. The van der Waals surface area contributed by atoms with Crippen LogP contribution in [0.15, 0.2) is 24.8 Å². The van der Waals surface area contributed by atoms with Crippen molar-refractivity contribution in [3.05, 3.63) is 30.6 Å². The standard InChI is InChI=1S/C11H15N5O/c1-16-6-5-13-10(16)3-4-12-9-7-11(17-2)15-8-14-9/h5-8H,3-4H2,1-2H3,(H,12,14,15). The average Bonchev–Trinajstić information content (AvgIpc) is 2.76. The Kier molecular flexibility index (Phi) is 3.54. The normalized spacial score (nSPS) is 10.2. The molecule has 2 aromatic heterocycles. The Balaban J connectivity index is 1.87. The van der Waals surface area contributed by atoms with Gasteiger partial charge in [0.25, 0.3) is 0 Å². The van der Waals surface area contributed by atoms with E-state index in [0.29, 0.717) is 5.88 Å². The molecule has 0 aliphatic carbocycles. The van der Waals surface area contributed by atoms with Gasteiger partial charge in [-0.1, -0.05) is 0 Å². The molecule has 2 heterocycles. The van der Waals surface area contributed by atoms with Crippen LogP contribution in [0.2, 0.25) is 0 Å². The fourth-order valence-corrected chi connectivity index (χ4v) is 1.49. The van der Waals surface area contributed by atoms with Crippen molar-refractivity contribution in [3.8, 4) is 5.88 Å². The summed E-state index contributed by atoms with van der Waals surface area (Å²) < 4.78 is 7.02. The maximum absolute atomic E-state index is 5.02. The highest BCUT2D eigenvalue weighted by Crippen LogP contribution is 2.09. The molecule has 90 valence electrons. The van der Waals surface area contributed by atoms with Gasteiger partial charge in [0.2, 0.25) is 5.88 Å². The lowest BCUT2D eigenvalue weighted by Gasteiger charge is -2.06. The van der Waals surface area contributed by atoms with Gasteiger partial charge >= 0.3 is 0 Å². The Morgan fingerprint density at radius 1 is 1.35 bits per heavy atom. The molecule has 0 unspecified atom stereocenters. The van der Waals surface area contributed by atoms with Crippen molar-refractivity contribution < 1.29 is 4.74 Å². The molecule has 0 fully saturated rings. The molecule has 0 spiro atoms. The van der Waals surface area contributed by atoms with Gasteiger partial charge in [-0.25, -0.2) is 15.0 Å². The third-order valence-electron chi connectivity index (χ3n) is 2.43. The summed E-state index contributed by atoms with van der Waals surface area (Å²) in [6.07, 6.45) is 6.05. The van der Waals surface area contributed by atoms with E-state index in [2.05, 4.69) is 20.3 Å². The number of methoxy groups -OCH3 is 1. The van der Waals surface area contributed by atoms with Crippen molar-refractivity contribution in [1.82, 2.24) is 19.5 Å². The minimum Gasteiger partial charge on any atom is -0.481 e. The van der Waals surface area contributed by atoms with E-state index in [9.17, 15) is 0 Å². The zero-order chi connectivity index (χ0) is 12.1. The summed E-state index contributed by atoms with van der Waals surface area (Å²) in [6, 6.07) is 1.76. The molecule has 0 amide bonds. The number of aromatic nitrogens is 4. The number of nitrogens with zero attached hydrogens (tertiary/aromatic N) is 4. The molecule has 2 aromatic rings. The molecular weight excluding hydrogens is 218 g/mol. The molecule has 0 saturated heterocycles. The van der Waals surface area contributed by atoms with E-state index in [1.165, 1.54) is 6.33 Å². The van der Waals surface area contributed by atoms with E-state index in [4.69, 9.17) is 4.74 Å². The molecule has 0 aromatic carbocycles. The van der Waals surface area contributed by atoms with Gasteiger partial charge in [0, 0.05) is 38.5 Å². The molecule has 0 bridgehead atoms. The Morgan fingerprint density at radius 3 is 2.94 bits per heavy atom. The van der Waals surface area contributed by atoms with Gasteiger partial charge in [0.1, 0.15) is 18.0 Å². The first-order valence-electron chi connectivity index (χ1n) is 5.35. The van der Waals surface area contributed by atoms with E-state index in [0.717, 1.165) is 24.6 Å². The first-order chi connectivity index (χ1) is 8.29. The predicted octanol–water partition coefficient (Wildman–Crippen LogP) is 0.873. The summed E-state index contributed by atoms with van der Waals surface area (Å²) in [5, 5.41) is 3.20. The number of aryl methyl sites for hydroxylation is 1. The van der Waals surface area contributed by atoms with Crippen LogP contribution in [0.1, 0.15) is 5.82 Å². The highest BCUT2D eigenvalue weighted by Gasteiger charge is 2.00. The monoisotopic (exact) mass is 233 g/mol. The van der Waals surface area contributed by atoms with Crippen LogP contribution >= 0.6 is 0 Å². The molecule has 2 rings (SSSR count). The van der Waals surface area contributed by atoms with Gasteiger partial charge in [0.05, 0.1) is 7.11 Å². The molecule has 0 aliphatic heterocycles. The lowest BCUT2D eigenvalue weighted by atomic mass is 10.4. The van der Waals surface area contributed by atoms with Crippen molar-refractivity contribution in [3.63, 3.8) is 0 Å². The van der Waals surface area contributed by atoms with E-state index >= 15 is 0 Å². The van der Waals surface area contributed by atoms with Crippen LogP contribution in [0.4, 0.5) is 5.82 Å². The Labute approximate surface area is 99.7 Å². The zero-order valence-corrected chi connectivity index (χ0v) is 9.92. The number of nitrogens with one attached hydrogen (secondary N) is 1. The van der Waals surface area contributed by atoms with Crippen molar-refractivity contribution in [2.75, 3.05) is 19.0 Å². The molecule has 0 saturated carbocycles. The topological polar surface area (TPSA) is 64.9 Å². The van der Waals surface area contributed by atoms with E-state index < -0.39 is 0 Å². The second-order valence-corrected chi connectivity index (χ2v) is 3.58. The summed E-state index contributed by atoms with van der Waals surface area (Å²) >= 11 is 0.